The molecule has 44 heavy (non-hydrogen) atoms. The molecule has 2 aromatic rings. The Kier molecular flexibility index (Phi) is 9.91. The smallest absolute Gasteiger partial charge is 0.411 e. The molecule has 1 aliphatic carbocycles. The monoisotopic (exact) mass is 608 g/mol. The number of aliphatic carboxylic acids is 1. The lowest BCUT2D eigenvalue weighted by Crippen LogP contribution is -2.47. The number of carbonyl (C=O) groups excluding carboxylic acids is 3. The van der Waals surface area contributed by atoms with Crippen molar-refractivity contribution >= 4 is 24.1 Å². The fraction of sp³-hybridized carbons (Fsp3) is 0.529. The molecule has 0 saturated carbocycles. The van der Waals surface area contributed by atoms with Crippen LogP contribution in [0.3, 0.4) is 0 Å². The van der Waals surface area contributed by atoms with Crippen LogP contribution in [-0.4, -0.2) is 70.1 Å². The van der Waals surface area contributed by atoms with Gasteiger partial charge >= 0.3 is 24.1 Å². The number of nitrogens with one attached hydrogen (secondary N) is 1. The van der Waals surface area contributed by atoms with E-state index in [-0.39, 0.29) is 25.0 Å². The highest BCUT2D eigenvalue weighted by Gasteiger charge is 2.43. The number of alkyl carbamates (subject to hydrolysis) is 1. The van der Waals surface area contributed by atoms with Crippen molar-refractivity contribution < 1.29 is 38.5 Å². The van der Waals surface area contributed by atoms with Gasteiger partial charge < -0.3 is 24.6 Å². The molecular formula is C34H44N2O8. The van der Waals surface area contributed by atoms with Crippen LogP contribution in [0.1, 0.15) is 90.7 Å². The summed E-state index contributed by atoms with van der Waals surface area (Å²) < 4.78 is 16.8. The Labute approximate surface area is 259 Å². The summed E-state index contributed by atoms with van der Waals surface area (Å²) in [6.07, 6.45) is 0.464. The van der Waals surface area contributed by atoms with Crippen LogP contribution in [0.25, 0.3) is 11.1 Å². The summed E-state index contributed by atoms with van der Waals surface area (Å²) >= 11 is 0. The van der Waals surface area contributed by atoms with Gasteiger partial charge in [0.2, 0.25) is 0 Å². The normalized spacial score (nSPS) is 18.6. The lowest BCUT2D eigenvalue weighted by Gasteiger charge is -2.31. The van der Waals surface area contributed by atoms with E-state index in [2.05, 4.69) is 17.4 Å². The van der Waals surface area contributed by atoms with Gasteiger partial charge in [0.05, 0.1) is 0 Å². The summed E-state index contributed by atoms with van der Waals surface area (Å²) in [5.74, 6) is -1.80. The van der Waals surface area contributed by atoms with E-state index in [4.69, 9.17) is 14.2 Å². The number of esters is 1. The largest absolute Gasteiger partial charge is 0.480 e. The van der Waals surface area contributed by atoms with E-state index in [9.17, 15) is 24.3 Å². The van der Waals surface area contributed by atoms with E-state index < -0.39 is 47.4 Å². The van der Waals surface area contributed by atoms with Crippen LogP contribution < -0.4 is 5.32 Å². The Morgan fingerprint density at radius 1 is 0.886 bits per heavy atom. The van der Waals surface area contributed by atoms with Gasteiger partial charge in [0.1, 0.15) is 29.9 Å². The second kappa shape index (κ2) is 13.3. The molecule has 2 aromatic carbocycles. The van der Waals surface area contributed by atoms with Gasteiger partial charge in [-0.25, -0.2) is 19.2 Å². The van der Waals surface area contributed by atoms with Gasteiger partial charge in [0.15, 0.2) is 0 Å². The summed E-state index contributed by atoms with van der Waals surface area (Å²) in [6, 6.07) is 13.7. The minimum absolute atomic E-state index is 0.102. The minimum Gasteiger partial charge on any atom is -0.480 e. The summed E-state index contributed by atoms with van der Waals surface area (Å²) in [5.41, 5.74) is 2.84. The van der Waals surface area contributed by atoms with Crippen molar-refractivity contribution in [2.75, 3.05) is 6.61 Å². The van der Waals surface area contributed by atoms with Crippen LogP contribution in [-0.2, 0) is 23.8 Å². The molecule has 0 aromatic heterocycles. The molecule has 0 spiro atoms. The SMILES string of the molecule is CC(C)(C)OC(=O)[C@H](CCCC1CC[C@@H](C(=O)O)N1C(=O)OC(C)(C)C)NC(=O)OCC1c2ccccc2-c2ccccc21. The first-order chi connectivity index (χ1) is 20.6. The van der Waals surface area contributed by atoms with Crippen molar-refractivity contribution in [3.8, 4) is 11.1 Å². The number of carboxylic acids is 1. The molecule has 2 N–H and O–H groups in total. The van der Waals surface area contributed by atoms with Crippen LogP contribution in [0.2, 0.25) is 0 Å². The molecule has 238 valence electrons. The third kappa shape index (κ3) is 8.09. The Balaban J connectivity index is 1.40. The summed E-state index contributed by atoms with van der Waals surface area (Å²) in [7, 11) is 0. The van der Waals surface area contributed by atoms with Crippen molar-refractivity contribution in [2.45, 2.75) is 109 Å². The molecule has 2 amide bonds. The third-order valence-corrected chi connectivity index (χ3v) is 7.75. The molecule has 1 fully saturated rings. The van der Waals surface area contributed by atoms with Crippen molar-refractivity contribution in [1.29, 1.82) is 0 Å². The van der Waals surface area contributed by atoms with Crippen molar-refractivity contribution in [3.63, 3.8) is 0 Å². The number of hydrogen-bond acceptors (Lipinski definition) is 7. The quantitative estimate of drug-likeness (QED) is 0.252. The van der Waals surface area contributed by atoms with Gasteiger partial charge in [0, 0.05) is 12.0 Å². The van der Waals surface area contributed by atoms with Crippen molar-refractivity contribution in [1.82, 2.24) is 10.2 Å². The zero-order valence-corrected chi connectivity index (χ0v) is 26.4. The molecular weight excluding hydrogens is 564 g/mol. The first-order valence-electron chi connectivity index (χ1n) is 15.2. The second-order valence-corrected chi connectivity index (χ2v) is 13.5. The van der Waals surface area contributed by atoms with Crippen LogP contribution in [0.4, 0.5) is 9.59 Å². The number of benzene rings is 2. The average molecular weight is 609 g/mol. The molecule has 3 atom stereocenters. The number of carbonyl (C=O) groups is 4. The first kappa shape index (κ1) is 32.8. The number of fused-ring (bicyclic) bond motifs is 3. The number of likely N-dealkylation sites (tertiary alicyclic amines) is 1. The average Bonchev–Trinajstić information content (AvgIpc) is 3.49. The highest BCUT2D eigenvalue weighted by atomic mass is 16.6. The number of nitrogens with zero attached hydrogens (tertiary/aromatic N) is 1. The minimum atomic E-state index is -1.08. The number of carboxylic acid groups (broad SMARTS) is 1. The predicted molar refractivity (Wildman–Crippen MR) is 164 cm³/mol. The summed E-state index contributed by atoms with van der Waals surface area (Å²) in [5, 5.41) is 12.4. The van der Waals surface area contributed by atoms with Gasteiger partial charge in [-0.1, -0.05) is 48.5 Å². The zero-order chi connectivity index (χ0) is 32.2. The fourth-order valence-corrected chi connectivity index (χ4v) is 5.96. The number of hydrogen-bond donors (Lipinski definition) is 2. The van der Waals surface area contributed by atoms with Gasteiger partial charge in [0.25, 0.3) is 0 Å². The summed E-state index contributed by atoms with van der Waals surface area (Å²) in [6.45, 7) is 10.5. The lowest BCUT2D eigenvalue weighted by molar-refractivity contribution is -0.157. The van der Waals surface area contributed by atoms with E-state index in [1.165, 1.54) is 4.90 Å². The van der Waals surface area contributed by atoms with E-state index in [0.717, 1.165) is 22.3 Å². The number of rotatable bonds is 9. The van der Waals surface area contributed by atoms with Gasteiger partial charge in [-0.3, -0.25) is 4.90 Å². The van der Waals surface area contributed by atoms with E-state index in [1.807, 2.05) is 36.4 Å². The molecule has 1 heterocycles. The highest BCUT2D eigenvalue weighted by molar-refractivity contribution is 5.83. The highest BCUT2D eigenvalue weighted by Crippen LogP contribution is 2.44. The van der Waals surface area contributed by atoms with E-state index in [1.54, 1.807) is 41.5 Å². The Hall–Kier alpha value is -4.08. The first-order valence-corrected chi connectivity index (χ1v) is 15.2. The van der Waals surface area contributed by atoms with E-state index >= 15 is 0 Å². The zero-order valence-electron chi connectivity index (χ0n) is 26.4. The second-order valence-electron chi connectivity index (χ2n) is 13.5. The maximum Gasteiger partial charge on any atom is 0.411 e. The topological polar surface area (TPSA) is 131 Å². The van der Waals surface area contributed by atoms with Crippen molar-refractivity contribution in [3.05, 3.63) is 59.7 Å². The molecule has 0 bridgehead atoms. The molecule has 1 unspecified atom stereocenters. The Morgan fingerprint density at radius 2 is 1.45 bits per heavy atom. The fourth-order valence-electron chi connectivity index (χ4n) is 5.96. The molecule has 0 radical (unpaired) electrons. The van der Waals surface area contributed by atoms with Crippen LogP contribution in [0.5, 0.6) is 0 Å². The molecule has 1 aliphatic heterocycles. The van der Waals surface area contributed by atoms with Gasteiger partial charge in [-0.2, -0.15) is 0 Å². The predicted octanol–water partition coefficient (Wildman–Crippen LogP) is 6.26. The molecule has 1 saturated heterocycles. The summed E-state index contributed by atoms with van der Waals surface area (Å²) in [4.78, 5) is 52.3. The molecule has 10 nitrogen and oxygen atoms in total. The van der Waals surface area contributed by atoms with Gasteiger partial charge in [-0.15, -0.1) is 0 Å². The lowest BCUT2D eigenvalue weighted by atomic mass is 9.98. The maximum absolute atomic E-state index is 13.1. The Morgan fingerprint density at radius 3 is 2.00 bits per heavy atom. The van der Waals surface area contributed by atoms with Crippen molar-refractivity contribution in [2.24, 2.45) is 0 Å². The molecule has 10 heteroatoms. The molecule has 2 aliphatic rings. The standard InChI is InChI=1S/C34H44N2O8/c1-33(2,3)43-30(39)27(17-11-12-21-18-19-28(29(37)38)36(21)32(41)44-34(4,5)6)35-31(40)42-20-26-24-15-9-7-13-22(24)23-14-8-10-16-25(23)26/h7-10,13-16,21,26-28H,11-12,17-20H2,1-6H3,(H,35,40)(H,37,38)/t21?,27-,28-/m0/s1. The van der Waals surface area contributed by atoms with Crippen LogP contribution >= 0.6 is 0 Å². The van der Waals surface area contributed by atoms with Gasteiger partial charge in [-0.05, 0) is 95.9 Å². The van der Waals surface area contributed by atoms with Crippen LogP contribution in [0, 0.1) is 0 Å². The maximum atomic E-state index is 13.1. The number of ether oxygens (including phenoxy) is 3. The van der Waals surface area contributed by atoms with Crippen LogP contribution in [0.15, 0.2) is 48.5 Å². The molecule has 4 rings (SSSR count). The third-order valence-electron chi connectivity index (χ3n) is 7.75. The van der Waals surface area contributed by atoms with E-state index in [0.29, 0.717) is 25.7 Å². The Bertz CT molecular complexity index is 1330. The number of amides is 2.